The van der Waals surface area contributed by atoms with Crippen molar-refractivity contribution in [2.45, 2.75) is 32.0 Å². The third-order valence-electron chi connectivity index (χ3n) is 4.48. The molecule has 0 saturated carbocycles. The molecule has 3 aromatic carbocycles. The van der Waals surface area contributed by atoms with Crippen LogP contribution in [-0.2, 0) is 38.8 Å². The second kappa shape index (κ2) is 11.9. The largest absolute Gasteiger partial charge is 0.459 e. The van der Waals surface area contributed by atoms with E-state index in [2.05, 4.69) is 0 Å². The maximum atomic E-state index is 12.6. The molecule has 0 fully saturated rings. The van der Waals surface area contributed by atoms with Crippen molar-refractivity contribution in [3.8, 4) is 0 Å². The lowest BCUT2D eigenvalue weighted by Gasteiger charge is -2.22. The number of hydrogen-bond acceptors (Lipinski definition) is 5. The third kappa shape index (κ3) is 7.12. The van der Waals surface area contributed by atoms with Gasteiger partial charge in [0.15, 0.2) is 6.10 Å². The Kier molecular flexibility index (Phi) is 8.60. The lowest BCUT2D eigenvalue weighted by molar-refractivity contribution is -0.171. The molecule has 0 aliphatic heterocycles. The number of carbonyl (C=O) groups is 1. The van der Waals surface area contributed by atoms with Gasteiger partial charge in [0.2, 0.25) is 0 Å². The molecule has 0 amide bonds. The van der Waals surface area contributed by atoms with Crippen LogP contribution >= 0.6 is 0 Å². The minimum Gasteiger partial charge on any atom is -0.459 e. The number of hydrogen-bond donors (Lipinski definition) is 1. The lowest BCUT2D eigenvalue weighted by atomic mass is 10.2. The third-order valence-corrected chi connectivity index (χ3v) is 4.48. The van der Waals surface area contributed by atoms with E-state index in [1.165, 1.54) is 0 Å². The molecule has 0 heterocycles. The van der Waals surface area contributed by atoms with Crippen molar-refractivity contribution in [1.29, 1.82) is 0 Å². The van der Waals surface area contributed by atoms with Gasteiger partial charge in [-0.3, -0.25) is 0 Å². The summed E-state index contributed by atoms with van der Waals surface area (Å²) < 4.78 is 16.7. The summed E-state index contributed by atoms with van der Waals surface area (Å²) in [6.45, 7) is 0.585. The van der Waals surface area contributed by atoms with E-state index in [4.69, 9.17) is 14.2 Å². The zero-order chi connectivity index (χ0) is 21.0. The highest BCUT2D eigenvalue weighted by Gasteiger charge is 2.30. The number of benzene rings is 3. The van der Waals surface area contributed by atoms with E-state index in [-0.39, 0.29) is 19.8 Å². The number of ether oxygens (including phenoxy) is 3. The van der Waals surface area contributed by atoms with Crippen LogP contribution in [0.1, 0.15) is 16.7 Å². The number of esters is 1. The molecule has 0 aromatic heterocycles. The maximum absolute atomic E-state index is 12.6. The Morgan fingerprint density at radius 2 is 1.17 bits per heavy atom. The van der Waals surface area contributed by atoms with Gasteiger partial charge in [-0.2, -0.15) is 0 Å². The molecule has 3 rings (SSSR count). The molecule has 0 bridgehead atoms. The first-order chi connectivity index (χ1) is 14.7. The first-order valence-corrected chi connectivity index (χ1v) is 9.88. The molecule has 1 N–H and O–H groups in total. The summed E-state index contributed by atoms with van der Waals surface area (Å²) in [5.74, 6) is -0.620. The molecule has 0 aliphatic rings. The Morgan fingerprint density at radius 1 is 0.700 bits per heavy atom. The van der Waals surface area contributed by atoms with E-state index in [1.807, 2.05) is 91.0 Å². The van der Waals surface area contributed by atoms with Gasteiger partial charge >= 0.3 is 5.97 Å². The molecule has 30 heavy (non-hydrogen) atoms. The average molecular weight is 406 g/mol. The SMILES string of the molecule is O=C(OCc1ccccc1)[C@@H](OCc1ccccc1)[C@H](O)COCc1ccccc1. The molecule has 0 radical (unpaired) electrons. The Morgan fingerprint density at radius 3 is 1.70 bits per heavy atom. The Bertz CT molecular complexity index is 868. The second-order valence-corrected chi connectivity index (χ2v) is 6.88. The van der Waals surface area contributed by atoms with Gasteiger partial charge < -0.3 is 19.3 Å². The fourth-order valence-electron chi connectivity index (χ4n) is 2.87. The summed E-state index contributed by atoms with van der Waals surface area (Å²) in [5, 5.41) is 10.6. The Balaban J connectivity index is 1.57. The first kappa shape index (κ1) is 21.7. The zero-order valence-corrected chi connectivity index (χ0v) is 16.7. The summed E-state index contributed by atoms with van der Waals surface area (Å²) in [6, 6.07) is 28.5. The first-order valence-electron chi connectivity index (χ1n) is 9.88. The van der Waals surface area contributed by atoms with Gasteiger partial charge in [0.05, 0.1) is 19.8 Å². The van der Waals surface area contributed by atoms with Gasteiger partial charge in [0, 0.05) is 0 Å². The minimum atomic E-state index is -1.15. The van der Waals surface area contributed by atoms with Crippen LogP contribution in [0.4, 0.5) is 0 Å². The van der Waals surface area contributed by atoms with Crippen LogP contribution < -0.4 is 0 Å². The van der Waals surface area contributed by atoms with Gasteiger partial charge in [-0.05, 0) is 16.7 Å². The van der Waals surface area contributed by atoms with Crippen LogP contribution in [-0.4, -0.2) is 29.9 Å². The molecule has 3 aromatic rings. The van der Waals surface area contributed by atoms with Crippen molar-refractivity contribution >= 4 is 5.97 Å². The molecular weight excluding hydrogens is 380 g/mol. The predicted molar refractivity (Wildman–Crippen MR) is 113 cm³/mol. The summed E-state index contributed by atoms with van der Waals surface area (Å²) in [7, 11) is 0. The van der Waals surface area contributed by atoms with Crippen LogP contribution in [0.25, 0.3) is 0 Å². The standard InChI is InChI=1S/C25H26O5/c26-23(19-28-16-20-10-4-1-5-11-20)24(29-17-21-12-6-2-7-13-21)25(27)30-18-22-14-8-3-9-15-22/h1-15,23-24,26H,16-19H2/t23-,24+/m1/s1. The molecular formula is C25H26O5. The number of aliphatic hydroxyl groups excluding tert-OH is 1. The Hall–Kier alpha value is -2.99. The van der Waals surface area contributed by atoms with Crippen molar-refractivity contribution in [1.82, 2.24) is 0 Å². The average Bonchev–Trinajstić information content (AvgIpc) is 2.80. The van der Waals surface area contributed by atoms with Crippen molar-refractivity contribution in [3.05, 3.63) is 108 Å². The van der Waals surface area contributed by atoms with Crippen LogP contribution in [0.5, 0.6) is 0 Å². The Labute approximate surface area is 176 Å². The van der Waals surface area contributed by atoms with Crippen molar-refractivity contribution < 1.29 is 24.1 Å². The second-order valence-electron chi connectivity index (χ2n) is 6.88. The van der Waals surface area contributed by atoms with Crippen molar-refractivity contribution in [2.24, 2.45) is 0 Å². The van der Waals surface area contributed by atoms with Gasteiger partial charge in [-0.25, -0.2) is 4.79 Å². The van der Waals surface area contributed by atoms with Gasteiger partial charge in [0.25, 0.3) is 0 Å². The molecule has 0 saturated heterocycles. The van der Waals surface area contributed by atoms with Gasteiger partial charge in [-0.15, -0.1) is 0 Å². The zero-order valence-electron chi connectivity index (χ0n) is 16.7. The quantitative estimate of drug-likeness (QED) is 0.490. The summed E-state index contributed by atoms with van der Waals surface area (Å²) in [5.41, 5.74) is 2.75. The number of rotatable bonds is 11. The van der Waals surface area contributed by atoms with Crippen molar-refractivity contribution in [2.75, 3.05) is 6.61 Å². The van der Waals surface area contributed by atoms with Gasteiger partial charge in [-0.1, -0.05) is 91.0 Å². The summed E-state index contributed by atoms with van der Waals surface area (Å²) >= 11 is 0. The molecule has 2 atom stereocenters. The number of carbonyl (C=O) groups excluding carboxylic acids is 1. The smallest absolute Gasteiger partial charge is 0.338 e. The molecule has 0 aliphatic carbocycles. The molecule has 0 spiro atoms. The fraction of sp³-hybridized carbons (Fsp3) is 0.240. The monoisotopic (exact) mass is 406 g/mol. The van der Waals surface area contributed by atoms with E-state index in [0.717, 1.165) is 16.7 Å². The molecule has 0 unspecified atom stereocenters. The molecule has 5 heteroatoms. The summed E-state index contributed by atoms with van der Waals surface area (Å²) in [6.07, 6.45) is -2.30. The van der Waals surface area contributed by atoms with Crippen LogP contribution in [0.15, 0.2) is 91.0 Å². The number of aliphatic hydroxyl groups is 1. The minimum absolute atomic E-state index is 0.0468. The highest BCUT2D eigenvalue weighted by atomic mass is 16.6. The fourth-order valence-corrected chi connectivity index (χ4v) is 2.87. The predicted octanol–water partition coefficient (Wildman–Crippen LogP) is 3.89. The van der Waals surface area contributed by atoms with Crippen LogP contribution in [0.3, 0.4) is 0 Å². The van der Waals surface area contributed by atoms with Crippen molar-refractivity contribution in [3.63, 3.8) is 0 Å². The van der Waals surface area contributed by atoms with Gasteiger partial charge in [0.1, 0.15) is 12.7 Å². The topological polar surface area (TPSA) is 65.0 Å². The normalized spacial score (nSPS) is 12.8. The summed E-state index contributed by atoms with van der Waals surface area (Å²) in [4.78, 5) is 12.6. The van der Waals surface area contributed by atoms with E-state index in [1.54, 1.807) is 0 Å². The maximum Gasteiger partial charge on any atom is 0.338 e. The van der Waals surface area contributed by atoms with E-state index < -0.39 is 18.2 Å². The van der Waals surface area contributed by atoms with Crippen LogP contribution in [0, 0.1) is 0 Å². The molecule has 5 nitrogen and oxygen atoms in total. The highest BCUT2D eigenvalue weighted by Crippen LogP contribution is 2.12. The van der Waals surface area contributed by atoms with E-state index in [9.17, 15) is 9.90 Å². The van der Waals surface area contributed by atoms with Crippen LogP contribution in [0.2, 0.25) is 0 Å². The lowest BCUT2D eigenvalue weighted by Crippen LogP contribution is -2.40. The highest BCUT2D eigenvalue weighted by molar-refractivity contribution is 5.75. The molecule has 156 valence electrons. The van der Waals surface area contributed by atoms with E-state index >= 15 is 0 Å². The van der Waals surface area contributed by atoms with E-state index in [0.29, 0.717) is 6.61 Å².